The van der Waals surface area contributed by atoms with Gasteiger partial charge in [0.15, 0.2) is 0 Å². The molecule has 10 heteroatoms. The number of carbonyl (C=O) groups excluding carboxylic acids is 1. The number of anilines is 1. The number of halogens is 1. The quantitative estimate of drug-likeness (QED) is 0.484. The smallest absolute Gasteiger partial charge is 0.358 e. The van der Waals surface area contributed by atoms with E-state index in [-0.39, 0.29) is 30.5 Å². The largest absolute Gasteiger partial charge is 0.390 e. The van der Waals surface area contributed by atoms with E-state index in [1.54, 1.807) is 24.6 Å². The van der Waals surface area contributed by atoms with Gasteiger partial charge in [0.2, 0.25) is 5.91 Å². The van der Waals surface area contributed by atoms with Crippen molar-refractivity contribution in [1.29, 1.82) is 0 Å². The maximum Gasteiger partial charge on any atom is 0.390 e. The zero-order valence-corrected chi connectivity index (χ0v) is 16.3. The minimum absolute atomic E-state index is 0.105. The van der Waals surface area contributed by atoms with Crippen molar-refractivity contribution in [1.82, 2.24) is 19.6 Å². The summed E-state index contributed by atoms with van der Waals surface area (Å²) in [5.74, 6) is -0.806. The van der Waals surface area contributed by atoms with E-state index in [9.17, 15) is 19.3 Å². The summed E-state index contributed by atoms with van der Waals surface area (Å²) >= 11 is 0. The second kappa shape index (κ2) is 8.21. The topological polar surface area (TPSA) is 108 Å². The van der Waals surface area contributed by atoms with Crippen molar-refractivity contribution in [2.45, 2.75) is 40.3 Å². The lowest BCUT2D eigenvalue weighted by Gasteiger charge is -2.07. The summed E-state index contributed by atoms with van der Waals surface area (Å²) in [4.78, 5) is 22.6. The zero-order chi connectivity index (χ0) is 21.1. The number of nitro groups is 1. The number of carbonyl (C=O) groups is 1. The van der Waals surface area contributed by atoms with Gasteiger partial charge in [-0.1, -0.05) is 12.1 Å². The molecule has 0 bridgehead atoms. The number of aryl methyl sites for hydroxylation is 3. The molecule has 1 aromatic carbocycles. The summed E-state index contributed by atoms with van der Waals surface area (Å²) < 4.78 is 16.5. The van der Waals surface area contributed by atoms with Crippen LogP contribution in [0.25, 0.3) is 0 Å². The van der Waals surface area contributed by atoms with E-state index in [0.29, 0.717) is 23.6 Å². The first kappa shape index (κ1) is 20.2. The Morgan fingerprint density at radius 2 is 1.97 bits per heavy atom. The number of benzene rings is 1. The van der Waals surface area contributed by atoms with Crippen molar-refractivity contribution in [2.24, 2.45) is 0 Å². The Bertz CT molecular complexity index is 1070. The Morgan fingerprint density at radius 1 is 1.21 bits per heavy atom. The van der Waals surface area contributed by atoms with Gasteiger partial charge in [-0.25, -0.2) is 4.39 Å². The maximum atomic E-state index is 13.4. The predicted octanol–water partition coefficient (Wildman–Crippen LogP) is 3.13. The van der Waals surface area contributed by atoms with Gasteiger partial charge in [0.25, 0.3) is 0 Å². The number of rotatable bonds is 7. The van der Waals surface area contributed by atoms with Crippen LogP contribution in [0.1, 0.15) is 29.1 Å². The van der Waals surface area contributed by atoms with E-state index < -0.39 is 4.92 Å². The number of hydrogen-bond acceptors (Lipinski definition) is 5. The average molecular weight is 400 g/mol. The van der Waals surface area contributed by atoms with Gasteiger partial charge < -0.3 is 15.4 Å². The van der Waals surface area contributed by atoms with Gasteiger partial charge in [-0.2, -0.15) is 9.78 Å². The zero-order valence-electron chi connectivity index (χ0n) is 16.3. The van der Waals surface area contributed by atoms with E-state index in [2.05, 4.69) is 15.5 Å². The number of amides is 1. The van der Waals surface area contributed by atoms with Crippen molar-refractivity contribution >= 4 is 17.4 Å². The molecule has 1 N–H and O–H groups in total. The number of nitrogens with one attached hydrogen (secondary N) is 1. The van der Waals surface area contributed by atoms with Crippen LogP contribution in [-0.4, -0.2) is 30.4 Å². The van der Waals surface area contributed by atoms with E-state index in [4.69, 9.17) is 0 Å². The molecule has 29 heavy (non-hydrogen) atoms. The molecular weight excluding hydrogens is 379 g/mol. The van der Waals surface area contributed by atoms with E-state index >= 15 is 0 Å². The van der Waals surface area contributed by atoms with Crippen LogP contribution in [0.2, 0.25) is 0 Å². The van der Waals surface area contributed by atoms with Crippen LogP contribution in [-0.2, 0) is 17.9 Å². The normalized spacial score (nSPS) is 10.9. The lowest BCUT2D eigenvalue weighted by molar-refractivity contribution is -0.389. The van der Waals surface area contributed by atoms with Crippen LogP contribution in [0.3, 0.4) is 0 Å². The fourth-order valence-electron chi connectivity index (χ4n) is 3.06. The Kier molecular flexibility index (Phi) is 5.71. The third-order valence-corrected chi connectivity index (χ3v) is 4.57. The average Bonchev–Trinajstić information content (AvgIpc) is 3.15. The lowest BCUT2D eigenvalue weighted by atomic mass is 10.2. The number of nitrogens with zero attached hydrogens (tertiary/aromatic N) is 5. The molecule has 3 rings (SSSR count). The molecule has 0 atom stereocenters. The van der Waals surface area contributed by atoms with Crippen molar-refractivity contribution in [3.63, 3.8) is 0 Å². The number of hydrogen-bond donors (Lipinski definition) is 1. The highest BCUT2D eigenvalue weighted by Crippen LogP contribution is 2.21. The SMILES string of the molecule is Cc1nn(Cc2cccc(F)c2)c(C)c1NC(=O)CCn1nc([N+](=O)[O-])cc1C. The summed E-state index contributed by atoms with van der Waals surface area (Å²) in [5.41, 5.74) is 3.39. The Balaban J connectivity index is 1.66. The lowest BCUT2D eigenvalue weighted by Crippen LogP contribution is -2.16. The monoisotopic (exact) mass is 400 g/mol. The Hall–Kier alpha value is -3.56. The fourth-order valence-corrected chi connectivity index (χ4v) is 3.06. The van der Waals surface area contributed by atoms with Gasteiger partial charge in [0.1, 0.15) is 5.82 Å². The van der Waals surface area contributed by atoms with Crippen LogP contribution < -0.4 is 5.32 Å². The molecule has 0 fully saturated rings. The summed E-state index contributed by atoms with van der Waals surface area (Å²) in [7, 11) is 0. The standard InChI is InChI=1S/C19H21FN6O3/c1-12-9-17(26(28)29)23-24(12)8-7-18(27)21-19-13(2)22-25(14(19)3)11-15-5-4-6-16(20)10-15/h4-6,9-10H,7-8,11H2,1-3H3,(H,21,27). The number of aromatic nitrogens is 4. The van der Waals surface area contributed by atoms with Gasteiger partial charge in [0, 0.05) is 6.42 Å². The van der Waals surface area contributed by atoms with Gasteiger partial charge in [-0.3, -0.25) is 9.48 Å². The van der Waals surface area contributed by atoms with Crippen LogP contribution in [0, 0.1) is 36.7 Å². The molecule has 0 aliphatic rings. The molecule has 0 aliphatic carbocycles. The molecule has 0 unspecified atom stereocenters. The molecule has 0 aliphatic heterocycles. The third kappa shape index (κ3) is 4.65. The first-order valence-electron chi connectivity index (χ1n) is 9.01. The molecule has 0 radical (unpaired) electrons. The molecule has 152 valence electrons. The summed E-state index contributed by atoms with van der Waals surface area (Å²) in [6, 6.07) is 7.64. The van der Waals surface area contributed by atoms with Crippen LogP contribution >= 0.6 is 0 Å². The van der Waals surface area contributed by atoms with Crippen LogP contribution in [0.4, 0.5) is 15.9 Å². The van der Waals surface area contributed by atoms with Crippen LogP contribution in [0.5, 0.6) is 0 Å². The maximum absolute atomic E-state index is 13.4. The van der Waals surface area contributed by atoms with E-state index in [0.717, 1.165) is 11.3 Å². The highest BCUT2D eigenvalue weighted by atomic mass is 19.1. The van der Waals surface area contributed by atoms with Gasteiger partial charge in [-0.15, -0.1) is 0 Å². The molecule has 0 spiro atoms. The molecule has 9 nitrogen and oxygen atoms in total. The van der Waals surface area contributed by atoms with Gasteiger partial charge in [-0.05, 0) is 43.4 Å². The van der Waals surface area contributed by atoms with Crippen LogP contribution in [0.15, 0.2) is 30.3 Å². The molecule has 3 aromatic rings. The molecule has 1 amide bonds. The first-order valence-corrected chi connectivity index (χ1v) is 9.01. The van der Waals surface area contributed by atoms with E-state index in [1.165, 1.54) is 22.9 Å². The minimum atomic E-state index is -0.566. The molecule has 2 aromatic heterocycles. The Labute approximate surface area is 166 Å². The fraction of sp³-hybridized carbons (Fsp3) is 0.316. The highest BCUT2D eigenvalue weighted by molar-refractivity contribution is 5.91. The second-order valence-electron chi connectivity index (χ2n) is 6.76. The molecular formula is C19H21FN6O3. The Morgan fingerprint density at radius 3 is 2.62 bits per heavy atom. The third-order valence-electron chi connectivity index (χ3n) is 4.57. The second-order valence-corrected chi connectivity index (χ2v) is 6.76. The summed E-state index contributed by atoms with van der Waals surface area (Å²) in [5, 5.41) is 21.9. The molecule has 0 saturated heterocycles. The predicted molar refractivity (Wildman–Crippen MR) is 104 cm³/mol. The van der Waals surface area contributed by atoms with Crippen molar-refractivity contribution in [3.8, 4) is 0 Å². The van der Waals surface area contributed by atoms with Gasteiger partial charge in [0.05, 0.1) is 47.0 Å². The highest BCUT2D eigenvalue weighted by Gasteiger charge is 2.18. The summed E-state index contributed by atoms with van der Waals surface area (Å²) in [6.07, 6.45) is 0.105. The van der Waals surface area contributed by atoms with Gasteiger partial charge >= 0.3 is 5.82 Å². The van der Waals surface area contributed by atoms with Crippen molar-refractivity contribution in [3.05, 3.63) is 68.9 Å². The summed E-state index contributed by atoms with van der Waals surface area (Å²) in [6.45, 7) is 5.92. The minimum Gasteiger partial charge on any atom is -0.358 e. The van der Waals surface area contributed by atoms with Crippen molar-refractivity contribution < 1.29 is 14.1 Å². The van der Waals surface area contributed by atoms with E-state index in [1.807, 2.05) is 13.0 Å². The van der Waals surface area contributed by atoms with Crippen molar-refractivity contribution in [2.75, 3.05) is 5.32 Å². The first-order chi connectivity index (χ1) is 13.7. The molecule has 2 heterocycles. The molecule has 0 saturated carbocycles.